The zero-order valence-corrected chi connectivity index (χ0v) is 11.5. The predicted octanol–water partition coefficient (Wildman–Crippen LogP) is 3.77. The molecule has 0 aromatic heterocycles. The van der Waals surface area contributed by atoms with Gasteiger partial charge in [-0.1, -0.05) is 48.5 Å². The molecule has 0 N–H and O–H groups in total. The van der Waals surface area contributed by atoms with Crippen LogP contribution in [0, 0.1) is 0 Å². The number of ether oxygens (including phenoxy) is 1. The highest BCUT2D eigenvalue weighted by Crippen LogP contribution is 2.32. The lowest BCUT2D eigenvalue weighted by Gasteiger charge is -2.22. The maximum atomic E-state index is 12.3. The first-order valence-electron chi connectivity index (χ1n) is 6.83. The fourth-order valence-electron chi connectivity index (χ4n) is 2.63. The van der Waals surface area contributed by atoms with Gasteiger partial charge in [-0.15, -0.1) is 0 Å². The summed E-state index contributed by atoms with van der Waals surface area (Å²) in [6.07, 6.45) is 0.614. The maximum absolute atomic E-state index is 12.3. The molecule has 0 radical (unpaired) electrons. The van der Waals surface area contributed by atoms with Crippen molar-refractivity contribution in [1.29, 1.82) is 0 Å². The van der Waals surface area contributed by atoms with E-state index in [0.717, 1.165) is 17.7 Å². The summed E-state index contributed by atoms with van der Waals surface area (Å²) in [6, 6.07) is 17.9. The number of anilines is 1. The first kappa shape index (κ1) is 12.7. The van der Waals surface area contributed by atoms with Crippen molar-refractivity contribution in [3.05, 3.63) is 65.7 Å². The molecule has 0 saturated heterocycles. The SMILES string of the molecule is C[C@H]1Cc2ccccc2N1C(=O)OCc1ccccc1. The molecule has 2 aromatic rings. The topological polar surface area (TPSA) is 29.5 Å². The number of amides is 1. The Morgan fingerprint density at radius 3 is 2.65 bits per heavy atom. The van der Waals surface area contributed by atoms with E-state index in [2.05, 4.69) is 6.07 Å². The molecule has 1 heterocycles. The van der Waals surface area contributed by atoms with E-state index in [1.807, 2.05) is 55.5 Å². The van der Waals surface area contributed by atoms with Crippen molar-refractivity contribution < 1.29 is 9.53 Å². The minimum atomic E-state index is -0.272. The molecule has 0 spiro atoms. The zero-order valence-electron chi connectivity index (χ0n) is 11.5. The van der Waals surface area contributed by atoms with Crippen LogP contribution in [0.1, 0.15) is 18.1 Å². The van der Waals surface area contributed by atoms with Crippen molar-refractivity contribution >= 4 is 11.8 Å². The van der Waals surface area contributed by atoms with Crippen LogP contribution in [-0.4, -0.2) is 12.1 Å². The van der Waals surface area contributed by atoms with Gasteiger partial charge in [0.2, 0.25) is 0 Å². The van der Waals surface area contributed by atoms with Gasteiger partial charge in [0.25, 0.3) is 0 Å². The number of hydrogen-bond donors (Lipinski definition) is 0. The highest BCUT2D eigenvalue weighted by atomic mass is 16.6. The van der Waals surface area contributed by atoms with Gasteiger partial charge in [0, 0.05) is 6.04 Å². The summed E-state index contributed by atoms with van der Waals surface area (Å²) in [5, 5.41) is 0. The molecule has 0 unspecified atom stereocenters. The second-order valence-corrected chi connectivity index (χ2v) is 5.09. The lowest BCUT2D eigenvalue weighted by molar-refractivity contribution is 0.145. The molecule has 1 aliphatic rings. The number of fused-ring (bicyclic) bond motifs is 1. The molecule has 0 saturated carbocycles. The molecule has 1 amide bonds. The fraction of sp³-hybridized carbons (Fsp3) is 0.235. The minimum Gasteiger partial charge on any atom is -0.444 e. The summed E-state index contributed by atoms with van der Waals surface area (Å²) in [4.78, 5) is 14.0. The van der Waals surface area contributed by atoms with Crippen molar-refractivity contribution in [2.24, 2.45) is 0 Å². The molecule has 2 aromatic carbocycles. The van der Waals surface area contributed by atoms with Crippen molar-refractivity contribution in [3.8, 4) is 0 Å². The van der Waals surface area contributed by atoms with Gasteiger partial charge in [0.05, 0.1) is 5.69 Å². The smallest absolute Gasteiger partial charge is 0.414 e. The molecule has 0 fully saturated rings. The lowest BCUT2D eigenvalue weighted by atomic mass is 10.1. The predicted molar refractivity (Wildman–Crippen MR) is 78.7 cm³/mol. The summed E-state index contributed by atoms with van der Waals surface area (Å²) >= 11 is 0. The number of hydrogen-bond acceptors (Lipinski definition) is 2. The van der Waals surface area contributed by atoms with E-state index in [-0.39, 0.29) is 12.1 Å². The van der Waals surface area contributed by atoms with Gasteiger partial charge in [-0.3, -0.25) is 4.90 Å². The second kappa shape index (κ2) is 5.37. The molecular weight excluding hydrogens is 250 g/mol. The van der Waals surface area contributed by atoms with Crippen molar-refractivity contribution in [2.45, 2.75) is 26.0 Å². The van der Waals surface area contributed by atoms with Crippen LogP contribution >= 0.6 is 0 Å². The van der Waals surface area contributed by atoms with Gasteiger partial charge >= 0.3 is 6.09 Å². The monoisotopic (exact) mass is 267 g/mol. The number of carbonyl (C=O) groups is 1. The van der Waals surface area contributed by atoms with Crippen molar-refractivity contribution in [3.63, 3.8) is 0 Å². The fourth-order valence-corrected chi connectivity index (χ4v) is 2.63. The number of benzene rings is 2. The van der Waals surface area contributed by atoms with Gasteiger partial charge in [-0.2, -0.15) is 0 Å². The standard InChI is InChI=1S/C17H17NO2/c1-13-11-15-9-5-6-10-16(15)18(13)17(19)20-12-14-7-3-2-4-8-14/h2-10,13H,11-12H2,1H3/t13-/m0/s1. The van der Waals surface area contributed by atoms with Crippen molar-refractivity contribution in [1.82, 2.24) is 0 Å². The molecule has 3 heteroatoms. The number of carbonyl (C=O) groups excluding carboxylic acids is 1. The number of para-hydroxylation sites is 1. The molecule has 0 aliphatic carbocycles. The van der Waals surface area contributed by atoms with E-state index >= 15 is 0 Å². The molecular formula is C17H17NO2. The minimum absolute atomic E-state index is 0.149. The first-order chi connectivity index (χ1) is 9.75. The highest BCUT2D eigenvalue weighted by Gasteiger charge is 2.31. The van der Waals surface area contributed by atoms with E-state index in [1.54, 1.807) is 4.90 Å². The van der Waals surface area contributed by atoms with Crippen LogP contribution in [0.2, 0.25) is 0 Å². The molecule has 1 aliphatic heterocycles. The van der Waals surface area contributed by atoms with Crippen LogP contribution in [-0.2, 0) is 17.8 Å². The highest BCUT2D eigenvalue weighted by molar-refractivity contribution is 5.91. The third kappa shape index (κ3) is 2.39. The second-order valence-electron chi connectivity index (χ2n) is 5.09. The lowest BCUT2D eigenvalue weighted by Crippen LogP contribution is -2.36. The summed E-state index contributed by atoms with van der Waals surface area (Å²) in [5.74, 6) is 0. The Balaban J connectivity index is 1.71. The first-order valence-corrected chi connectivity index (χ1v) is 6.83. The van der Waals surface area contributed by atoms with E-state index in [4.69, 9.17) is 4.74 Å². The summed E-state index contributed by atoms with van der Waals surface area (Å²) < 4.78 is 5.43. The van der Waals surface area contributed by atoms with E-state index < -0.39 is 0 Å². The Morgan fingerprint density at radius 1 is 1.15 bits per heavy atom. The normalized spacial score (nSPS) is 16.9. The summed E-state index contributed by atoms with van der Waals surface area (Å²) in [5.41, 5.74) is 3.18. The van der Waals surface area contributed by atoms with Crippen LogP contribution in [0.5, 0.6) is 0 Å². The summed E-state index contributed by atoms with van der Waals surface area (Å²) in [6.45, 7) is 2.36. The Bertz CT molecular complexity index is 609. The van der Waals surface area contributed by atoms with E-state index in [0.29, 0.717) is 6.61 Å². The van der Waals surface area contributed by atoms with Gasteiger partial charge in [-0.25, -0.2) is 4.79 Å². The number of nitrogens with zero attached hydrogens (tertiary/aromatic N) is 1. The molecule has 102 valence electrons. The average molecular weight is 267 g/mol. The largest absolute Gasteiger partial charge is 0.444 e. The molecule has 0 bridgehead atoms. The molecule has 1 atom stereocenters. The Labute approximate surface area is 118 Å². The molecule has 3 rings (SSSR count). The third-order valence-corrected chi connectivity index (χ3v) is 3.61. The maximum Gasteiger partial charge on any atom is 0.414 e. The third-order valence-electron chi connectivity index (χ3n) is 3.61. The van der Waals surface area contributed by atoms with Gasteiger partial charge in [0.1, 0.15) is 6.61 Å². The molecule has 20 heavy (non-hydrogen) atoms. The average Bonchev–Trinajstić information content (AvgIpc) is 2.82. The van der Waals surface area contributed by atoms with Crippen molar-refractivity contribution in [2.75, 3.05) is 4.90 Å². The van der Waals surface area contributed by atoms with Crippen LogP contribution in [0.3, 0.4) is 0 Å². The van der Waals surface area contributed by atoms with Crippen LogP contribution < -0.4 is 4.90 Å². The number of rotatable bonds is 2. The Morgan fingerprint density at radius 2 is 1.85 bits per heavy atom. The zero-order chi connectivity index (χ0) is 13.9. The van der Waals surface area contributed by atoms with Crippen LogP contribution in [0.15, 0.2) is 54.6 Å². The van der Waals surface area contributed by atoms with Gasteiger partial charge in [-0.05, 0) is 30.5 Å². The Kier molecular flexibility index (Phi) is 3.42. The van der Waals surface area contributed by atoms with Crippen LogP contribution in [0.25, 0.3) is 0 Å². The summed E-state index contributed by atoms with van der Waals surface area (Å²) in [7, 11) is 0. The van der Waals surface area contributed by atoms with Gasteiger partial charge < -0.3 is 4.74 Å². The molecule has 3 nitrogen and oxygen atoms in total. The Hall–Kier alpha value is -2.29. The van der Waals surface area contributed by atoms with E-state index in [9.17, 15) is 4.79 Å². The van der Waals surface area contributed by atoms with E-state index in [1.165, 1.54) is 5.56 Å². The van der Waals surface area contributed by atoms with Crippen LogP contribution in [0.4, 0.5) is 10.5 Å². The quantitative estimate of drug-likeness (QED) is 0.828. The van der Waals surface area contributed by atoms with Gasteiger partial charge in [0.15, 0.2) is 0 Å².